The number of carbonyl (C=O) groups is 1. The van der Waals surface area contributed by atoms with E-state index in [2.05, 4.69) is 0 Å². The molecule has 3 N–H and O–H groups in total. The van der Waals surface area contributed by atoms with Crippen molar-refractivity contribution in [3.63, 3.8) is 0 Å². The van der Waals surface area contributed by atoms with Crippen LogP contribution in [0, 0.1) is 5.92 Å². The van der Waals surface area contributed by atoms with Gasteiger partial charge in [-0.05, 0) is 37.5 Å². The molecule has 0 aliphatic heterocycles. The van der Waals surface area contributed by atoms with Gasteiger partial charge in [0.2, 0.25) is 10.0 Å². The number of nitrogens with zero attached hydrogens (tertiary/aromatic N) is 1. The lowest BCUT2D eigenvalue weighted by atomic mass is 10.1. The van der Waals surface area contributed by atoms with Crippen molar-refractivity contribution in [2.24, 2.45) is 5.92 Å². The minimum absolute atomic E-state index is 0.0377. The van der Waals surface area contributed by atoms with E-state index in [1.54, 1.807) is 0 Å². The third-order valence-electron chi connectivity index (χ3n) is 3.35. The summed E-state index contributed by atoms with van der Waals surface area (Å²) in [6.07, 6.45) is 0.725. The van der Waals surface area contributed by atoms with E-state index in [1.165, 1.54) is 23.5 Å². The minimum atomic E-state index is -3.74. The molecule has 0 aromatic heterocycles. The Morgan fingerprint density at radius 2 is 1.90 bits per heavy atom. The molecular formula is C14H22N2O4S. The lowest BCUT2D eigenvalue weighted by Crippen LogP contribution is -2.36. The summed E-state index contributed by atoms with van der Waals surface area (Å²) in [5.41, 5.74) is 5.62. The highest BCUT2D eigenvalue weighted by Gasteiger charge is 2.28. The molecule has 0 radical (unpaired) electrons. The molecule has 0 aliphatic rings. The van der Waals surface area contributed by atoms with Gasteiger partial charge in [-0.3, -0.25) is 0 Å². The van der Waals surface area contributed by atoms with Crippen molar-refractivity contribution in [1.29, 1.82) is 0 Å². The Morgan fingerprint density at radius 3 is 2.33 bits per heavy atom. The number of carboxylic acids is 1. The SMILES string of the molecule is CC(C)CC(C)N(C)S(=O)(=O)c1ccc(C(=O)O)cc1N. The maximum atomic E-state index is 12.6. The van der Waals surface area contributed by atoms with E-state index in [0.29, 0.717) is 5.92 Å². The van der Waals surface area contributed by atoms with Crippen molar-refractivity contribution in [1.82, 2.24) is 4.31 Å². The Kier molecular flexibility index (Phi) is 5.36. The molecule has 0 spiro atoms. The van der Waals surface area contributed by atoms with Crippen LogP contribution >= 0.6 is 0 Å². The molecule has 0 aliphatic carbocycles. The lowest BCUT2D eigenvalue weighted by Gasteiger charge is -2.26. The molecule has 7 heteroatoms. The predicted octanol–water partition coefficient (Wildman–Crippen LogP) is 2.02. The van der Waals surface area contributed by atoms with Gasteiger partial charge in [0.15, 0.2) is 0 Å². The van der Waals surface area contributed by atoms with Gasteiger partial charge in [-0.2, -0.15) is 4.31 Å². The van der Waals surface area contributed by atoms with Gasteiger partial charge >= 0.3 is 5.97 Å². The molecule has 1 unspecified atom stereocenters. The summed E-state index contributed by atoms with van der Waals surface area (Å²) >= 11 is 0. The van der Waals surface area contributed by atoms with E-state index in [1.807, 2.05) is 20.8 Å². The summed E-state index contributed by atoms with van der Waals surface area (Å²) < 4.78 is 26.4. The number of aromatic carboxylic acids is 1. The van der Waals surface area contributed by atoms with E-state index in [0.717, 1.165) is 12.5 Å². The summed E-state index contributed by atoms with van der Waals surface area (Å²) in [5, 5.41) is 8.88. The van der Waals surface area contributed by atoms with Gasteiger partial charge in [0.25, 0.3) is 0 Å². The Morgan fingerprint density at radius 1 is 1.33 bits per heavy atom. The van der Waals surface area contributed by atoms with E-state index in [9.17, 15) is 13.2 Å². The number of benzene rings is 1. The summed E-state index contributed by atoms with van der Waals surface area (Å²) in [7, 11) is -2.23. The molecule has 1 rings (SSSR count). The molecule has 0 heterocycles. The summed E-state index contributed by atoms with van der Waals surface area (Å²) in [4.78, 5) is 10.8. The predicted molar refractivity (Wildman–Crippen MR) is 81.7 cm³/mol. The van der Waals surface area contributed by atoms with E-state index in [4.69, 9.17) is 10.8 Å². The van der Waals surface area contributed by atoms with Crippen LogP contribution in [-0.4, -0.2) is 36.9 Å². The zero-order valence-electron chi connectivity index (χ0n) is 12.7. The normalized spacial score (nSPS) is 13.6. The van der Waals surface area contributed by atoms with E-state index in [-0.39, 0.29) is 22.2 Å². The molecular weight excluding hydrogens is 292 g/mol. The fourth-order valence-electron chi connectivity index (χ4n) is 2.14. The minimum Gasteiger partial charge on any atom is -0.478 e. The molecule has 118 valence electrons. The summed E-state index contributed by atoms with van der Waals surface area (Å²) in [6.45, 7) is 5.87. The molecule has 1 aromatic rings. The van der Waals surface area contributed by atoms with Gasteiger partial charge < -0.3 is 10.8 Å². The van der Waals surface area contributed by atoms with Crippen LogP contribution in [0.1, 0.15) is 37.6 Å². The smallest absolute Gasteiger partial charge is 0.335 e. The molecule has 0 fully saturated rings. The first kappa shape index (κ1) is 17.5. The maximum absolute atomic E-state index is 12.6. The van der Waals surface area contributed by atoms with E-state index >= 15 is 0 Å². The first-order valence-electron chi connectivity index (χ1n) is 6.68. The highest BCUT2D eigenvalue weighted by molar-refractivity contribution is 7.89. The Hall–Kier alpha value is -1.60. The van der Waals surface area contributed by atoms with Gasteiger partial charge in [0.1, 0.15) is 4.90 Å². The molecule has 21 heavy (non-hydrogen) atoms. The van der Waals surface area contributed by atoms with Crippen molar-refractivity contribution in [3.8, 4) is 0 Å². The van der Waals surface area contributed by atoms with Crippen LogP contribution in [0.15, 0.2) is 23.1 Å². The Bertz CT molecular complexity index is 626. The van der Waals surface area contributed by atoms with Gasteiger partial charge in [-0.1, -0.05) is 13.8 Å². The van der Waals surface area contributed by atoms with Crippen molar-refractivity contribution in [2.75, 3.05) is 12.8 Å². The standard InChI is InChI=1S/C14H22N2O4S/c1-9(2)7-10(3)16(4)21(19,20)13-6-5-11(14(17)18)8-12(13)15/h5-6,8-10H,7,15H2,1-4H3,(H,17,18). The fourth-order valence-corrected chi connectivity index (χ4v) is 3.61. The van der Waals surface area contributed by atoms with E-state index < -0.39 is 16.0 Å². The van der Waals surface area contributed by atoms with Crippen LogP contribution in [0.5, 0.6) is 0 Å². The summed E-state index contributed by atoms with van der Waals surface area (Å²) in [6, 6.07) is 3.48. The molecule has 0 saturated carbocycles. The van der Waals surface area contributed by atoms with Crippen LogP contribution in [0.25, 0.3) is 0 Å². The first-order chi connectivity index (χ1) is 9.57. The van der Waals surface area contributed by atoms with Crippen LogP contribution in [0.3, 0.4) is 0 Å². The van der Waals surface area contributed by atoms with Crippen molar-refractivity contribution in [2.45, 2.75) is 38.1 Å². The average Bonchev–Trinajstić information content (AvgIpc) is 2.36. The third kappa shape index (κ3) is 3.95. The van der Waals surface area contributed by atoms with Gasteiger partial charge in [-0.15, -0.1) is 0 Å². The zero-order chi connectivity index (χ0) is 16.4. The zero-order valence-corrected chi connectivity index (χ0v) is 13.5. The topological polar surface area (TPSA) is 101 Å². The number of sulfonamides is 1. The van der Waals surface area contributed by atoms with Gasteiger partial charge in [0, 0.05) is 13.1 Å². The number of carboxylic acid groups (broad SMARTS) is 1. The van der Waals surface area contributed by atoms with Crippen LogP contribution in [0.4, 0.5) is 5.69 Å². The second-order valence-electron chi connectivity index (χ2n) is 5.56. The Balaban J connectivity index is 3.16. The van der Waals surface area contributed by atoms with Crippen LogP contribution < -0.4 is 5.73 Å². The lowest BCUT2D eigenvalue weighted by molar-refractivity contribution is 0.0697. The molecule has 6 nitrogen and oxygen atoms in total. The number of hydrogen-bond donors (Lipinski definition) is 2. The molecule has 0 saturated heterocycles. The molecule has 1 atom stereocenters. The van der Waals surface area contributed by atoms with Gasteiger partial charge in [-0.25, -0.2) is 13.2 Å². The van der Waals surface area contributed by atoms with Crippen molar-refractivity contribution < 1.29 is 18.3 Å². The van der Waals surface area contributed by atoms with Crippen molar-refractivity contribution in [3.05, 3.63) is 23.8 Å². The fraction of sp³-hybridized carbons (Fsp3) is 0.500. The Labute approximate surface area is 125 Å². The highest BCUT2D eigenvalue weighted by Crippen LogP contribution is 2.25. The second kappa shape index (κ2) is 6.44. The molecule has 1 aromatic carbocycles. The largest absolute Gasteiger partial charge is 0.478 e. The average molecular weight is 314 g/mol. The number of rotatable bonds is 6. The first-order valence-corrected chi connectivity index (χ1v) is 8.12. The number of hydrogen-bond acceptors (Lipinski definition) is 4. The van der Waals surface area contributed by atoms with Crippen LogP contribution in [0.2, 0.25) is 0 Å². The maximum Gasteiger partial charge on any atom is 0.335 e. The highest BCUT2D eigenvalue weighted by atomic mass is 32.2. The quantitative estimate of drug-likeness (QED) is 0.782. The summed E-state index contributed by atoms with van der Waals surface area (Å²) in [5.74, 6) is -0.781. The monoisotopic (exact) mass is 314 g/mol. The van der Waals surface area contributed by atoms with Crippen LogP contribution in [-0.2, 0) is 10.0 Å². The number of anilines is 1. The third-order valence-corrected chi connectivity index (χ3v) is 5.39. The van der Waals surface area contributed by atoms with Crippen molar-refractivity contribution >= 4 is 21.7 Å². The number of nitrogen functional groups attached to an aromatic ring is 1. The molecule has 0 bridgehead atoms. The second-order valence-corrected chi connectivity index (χ2v) is 7.52. The van der Waals surface area contributed by atoms with Gasteiger partial charge in [0.05, 0.1) is 11.3 Å². The number of nitrogens with two attached hydrogens (primary N) is 1. The molecule has 0 amide bonds.